The Hall–Kier alpha value is -5.95. The van der Waals surface area contributed by atoms with Crippen LogP contribution in [0.2, 0.25) is 0 Å². The van der Waals surface area contributed by atoms with Crippen molar-refractivity contribution in [1.82, 2.24) is 19.5 Å². The smallest absolute Gasteiger partial charge is 0.164 e. The van der Waals surface area contributed by atoms with Crippen LogP contribution in [-0.2, 0) is 6.42 Å². The van der Waals surface area contributed by atoms with Gasteiger partial charge in [0.05, 0.1) is 16.7 Å². The maximum atomic E-state index is 5.03. The second-order valence-electron chi connectivity index (χ2n) is 13.1. The van der Waals surface area contributed by atoms with Crippen molar-refractivity contribution < 1.29 is 0 Å². The van der Waals surface area contributed by atoms with E-state index in [1.165, 1.54) is 68.2 Å². The molecule has 0 amide bonds. The Balaban J connectivity index is 1.11. The third-order valence-corrected chi connectivity index (χ3v) is 12.4. The number of hydrogen-bond donors (Lipinski definition) is 0. The fraction of sp³-hybridized carbons (Fsp3) is 0.0444. The minimum atomic E-state index is 0.672. The number of aryl methyl sites for hydroxylation is 1. The summed E-state index contributed by atoms with van der Waals surface area (Å²) in [5.74, 6) is 2.02. The highest BCUT2D eigenvalue weighted by molar-refractivity contribution is 7.26. The molecule has 0 bridgehead atoms. The molecular formula is C45H28N4S2. The van der Waals surface area contributed by atoms with Crippen molar-refractivity contribution in [2.24, 2.45) is 0 Å². The zero-order chi connectivity index (χ0) is 33.5. The minimum absolute atomic E-state index is 0.672. The summed E-state index contributed by atoms with van der Waals surface area (Å²) in [5.41, 5.74) is 8.11. The van der Waals surface area contributed by atoms with Gasteiger partial charge in [0, 0.05) is 68.2 Å². The van der Waals surface area contributed by atoms with Crippen LogP contribution >= 0.6 is 22.7 Å². The first-order valence-corrected chi connectivity index (χ1v) is 18.9. The first kappa shape index (κ1) is 28.8. The summed E-state index contributed by atoms with van der Waals surface area (Å²) in [4.78, 5) is 16.4. The number of para-hydroxylation sites is 2. The molecule has 0 unspecified atom stereocenters. The van der Waals surface area contributed by atoms with Crippen molar-refractivity contribution in [3.8, 4) is 34.2 Å². The lowest BCUT2D eigenvalue weighted by Crippen LogP contribution is -2.04. The Labute approximate surface area is 301 Å². The van der Waals surface area contributed by atoms with Gasteiger partial charge in [-0.2, -0.15) is 0 Å². The maximum absolute atomic E-state index is 5.03. The van der Waals surface area contributed by atoms with Crippen LogP contribution in [0, 0.1) is 0 Å². The Morgan fingerprint density at radius 2 is 1.02 bits per heavy atom. The van der Waals surface area contributed by atoms with Gasteiger partial charge in [-0.1, -0.05) is 103 Å². The van der Waals surface area contributed by atoms with E-state index >= 15 is 0 Å². The molecule has 51 heavy (non-hydrogen) atoms. The SMILES string of the molecule is C1=C(n2c3ccccc3c3ccccc32)c2c(sc3cc4sc5ccc(-c6nc(-c7ccccc7)nc(-c7ccccc7)n6)cc5c4cc23)CC1. The van der Waals surface area contributed by atoms with E-state index in [4.69, 9.17) is 15.0 Å². The van der Waals surface area contributed by atoms with Gasteiger partial charge in [-0.15, -0.1) is 22.7 Å². The van der Waals surface area contributed by atoms with E-state index in [1.54, 1.807) is 0 Å². The lowest BCUT2D eigenvalue weighted by molar-refractivity contribution is 0.985. The van der Waals surface area contributed by atoms with Gasteiger partial charge in [0.25, 0.3) is 0 Å². The van der Waals surface area contributed by atoms with Gasteiger partial charge >= 0.3 is 0 Å². The quantitative estimate of drug-likeness (QED) is 0.185. The summed E-state index contributed by atoms with van der Waals surface area (Å²) in [6.07, 6.45) is 4.57. The fourth-order valence-electron chi connectivity index (χ4n) is 7.78. The number of rotatable bonds is 4. The molecule has 0 aliphatic heterocycles. The molecule has 0 saturated heterocycles. The Morgan fingerprint density at radius 1 is 0.451 bits per heavy atom. The molecule has 4 aromatic heterocycles. The molecule has 0 spiro atoms. The summed E-state index contributed by atoms with van der Waals surface area (Å²) in [6, 6.07) is 49.5. The van der Waals surface area contributed by atoms with Gasteiger partial charge in [0.2, 0.25) is 0 Å². The van der Waals surface area contributed by atoms with Gasteiger partial charge in [-0.05, 0) is 55.3 Å². The zero-order valence-corrected chi connectivity index (χ0v) is 29.0. The van der Waals surface area contributed by atoms with Crippen LogP contribution in [0.3, 0.4) is 0 Å². The number of nitrogens with zero attached hydrogens (tertiary/aromatic N) is 4. The van der Waals surface area contributed by atoms with Crippen LogP contribution < -0.4 is 0 Å². The maximum Gasteiger partial charge on any atom is 0.164 e. The van der Waals surface area contributed by atoms with Crippen molar-refractivity contribution in [2.75, 3.05) is 0 Å². The average molecular weight is 689 g/mol. The Kier molecular flexibility index (Phi) is 6.38. The molecule has 0 saturated carbocycles. The van der Waals surface area contributed by atoms with E-state index in [-0.39, 0.29) is 0 Å². The second-order valence-corrected chi connectivity index (χ2v) is 15.3. The molecule has 6 aromatic carbocycles. The molecule has 11 rings (SSSR count). The number of allylic oxidation sites excluding steroid dienone is 1. The van der Waals surface area contributed by atoms with Crippen LogP contribution in [0.1, 0.15) is 16.9 Å². The average Bonchev–Trinajstić information content (AvgIpc) is 3.86. The molecular weight excluding hydrogens is 661 g/mol. The molecule has 10 aromatic rings. The number of aromatic nitrogens is 4. The number of benzene rings is 6. The largest absolute Gasteiger partial charge is 0.309 e. The predicted octanol–water partition coefficient (Wildman–Crippen LogP) is 12.4. The molecule has 0 radical (unpaired) electrons. The van der Waals surface area contributed by atoms with Crippen LogP contribution in [0.5, 0.6) is 0 Å². The highest BCUT2D eigenvalue weighted by Gasteiger charge is 2.24. The number of hydrogen-bond acceptors (Lipinski definition) is 5. The lowest BCUT2D eigenvalue weighted by Gasteiger charge is -2.18. The summed E-state index contributed by atoms with van der Waals surface area (Å²) in [7, 11) is 0. The minimum Gasteiger partial charge on any atom is -0.309 e. The molecule has 1 aliphatic rings. The summed E-state index contributed by atoms with van der Waals surface area (Å²) >= 11 is 3.82. The van der Waals surface area contributed by atoms with Gasteiger partial charge in [0.15, 0.2) is 17.5 Å². The molecule has 240 valence electrons. The first-order valence-electron chi connectivity index (χ1n) is 17.2. The molecule has 0 fully saturated rings. The second kappa shape index (κ2) is 11.3. The Bertz CT molecular complexity index is 2910. The molecule has 6 heteroatoms. The zero-order valence-electron chi connectivity index (χ0n) is 27.4. The standard InChI is InChI=1S/C45H28N4S2/c1-3-12-27(13-4-1)43-46-44(28-14-5-2-6-15-28)48-45(47-43)29-22-23-38-32(24-29)33-25-34-41(26-40(33)50-38)51-39-21-11-20-37(42(34)39)49-35-18-9-7-16-30(35)31-17-8-10-19-36(31)49/h1-10,12-20,22-26H,11,21H2. The monoisotopic (exact) mass is 688 g/mol. The van der Waals surface area contributed by atoms with Gasteiger partial charge in [-0.25, -0.2) is 15.0 Å². The van der Waals surface area contributed by atoms with Crippen molar-refractivity contribution in [3.05, 3.63) is 156 Å². The van der Waals surface area contributed by atoms with E-state index in [1.807, 2.05) is 59.1 Å². The first-order chi connectivity index (χ1) is 25.3. The van der Waals surface area contributed by atoms with E-state index in [0.29, 0.717) is 17.5 Å². The van der Waals surface area contributed by atoms with Crippen molar-refractivity contribution in [1.29, 1.82) is 0 Å². The predicted molar refractivity (Wildman–Crippen MR) is 216 cm³/mol. The summed E-state index contributed by atoms with van der Waals surface area (Å²) in [6.45, 7) is 0. The van der Waals surface area contributed by atoms with E-state index in [0.717, 1.165) is 29.5 Å². The number of fused-ring (bicyclic) bond motifs is 9. The molecule has 0 atom stereocenters. The van der Waals surface area contributed by atoms with E-state index in [2.05, 4.69) is 114 Å². The highest BCUT2D eigenvalue weighted by atomic mass is 32.1. The van der Waals surface area contributed by atoms with Crippen LogP contribution in [-0.4, -0.2) is 19.5 Å². The van der Waals surface area contributed by atoms with Crippen molar-refractivity contribution >= 4 is 80.4 Å². The number of thiophene rings is 2. The topological polar surface area (TPSA) is 43.6 Å². The Morgan fingerprint density at radius 3 is 1.69 bits per heavy atom. The highest BCUT2D eigenvalue weighted by Crippen LogP contribution is 2.47. The summed E-state index contributed by atoms with van der Waals surface area (Å²) in [5, 5.41) is 6.43. The molecule has 4 nitrogen and oxygen atoms in total. The molecule has 0 N–H and O–H groups in total. The third kappa shape index (κ3) is 4.54. The van der Waals surface area contributed by atoms with Crippen molar-refractivity contribution in [2.45, 2.75) is 12.8 Å². The van der Waals surface area contributed by atoms with Gasteiger partial charge < -0.3 is 4.57 Å². The van der Waals surface area contributed by atoms with Crippen LogP contribution in [0.4, 0.5) is 0 Å². The van der Waals surface area contributed by atoms with Gasteiger partial charge in [-0.3, -0.25) is 0 Å². The molecule has 1 aliphatic carbocycles. The van der Waals surface area contributed by atoms with Crippen LogP contribution in [0.25, 0.3) is 91.9 Å². The third-order valence-electron chi connectivity index (χ3n) is 10.1. The van der Waals surface area contributed by atoms with E-state index in [9.17, 15) is 0 Å². The fourth-order valence-corrected chi connectivity index (χ4v) is 10.2. The van der Waals surface area contributed by atoms with Gasteiger partial charge in [0.1, 0.15) is 0 Å². The van der Waals surface area contributed by atoms with Crippen molar-refractivity contribution in [3.63, 3.8) is 0 Å². The van der Waals surface area contributed by atoms with E-state index < -0.39 is 0 Å². The normalized spacial score (nSPS) is 13.1. The van der Waals surface area contributed by atoms with Crippen LogP contribution in [0.15, 0.2) is 146 Å². The molecule has 4 heterocycles. The summed E-state index contributed by atoms with van der Waals surface area (Å²) < 4.78 is 6.42. The lowest BCUT2D eigenvalue weighted by atomic mass is 9.97.